The van der Waals surface area contributed by atoms with Gasteiger partial charge in [0.1, 0.15) is 5.58 Å². The lowest BCUT2D eigenvalue weighted by molar-refractivity contribution is -0.117. The number of amides is 2. The minimum atomic E-state index is -0.137. The molecule has 1 aromatic heterocycles. The van der Waals surface area contributed by atoms with E-state index in [2.05, 4.69) is 10.2 Å². The summed E-state index contributed by atoms with van der Waals surface area (Å²) in [5, 5.41) is 4.44. The second kappa shape index (κ2) is 8.50. The first-order chi connectivity index (χ1) is 14.4. The Balaban J connectivity index is 1.33. The lowest BCUT2D eigenvalue weighted by atomic mass is 10.1. The second-order valence-electron chi connectivity index (χ2n) is 7.68. The van der Waals surface area contributed by atoms with E-state index in [0.29, 0.717) is 49.1 Å². The molecule has 1 aliphatic heterocycles. The van der Waals surface area contributed by atoms with Crippen LogP contribution in [0.3, 0.4) is 0 Å². The van der Waals surface area contributed by atoms with Crippen molar-refractivity contribution in [1.82, 2.24) is 9.80 Å². The van der Waals surface area contributed by atoms with Crippen molar-refractivity contribution in [2.24, 2.45) is 0 Å². The standard InChI is InChI=1S/C23H24ClN3O3/c1-15-4-3-5-16(2)22(15)25-21(28)14-26-8-10-27(11-9-26)23(29)20-13-17-12-18(24)6-7-19(17)30-20/h3-7,12-13H,8-11,14H2,1-2H3,(H,25,28). The number of hydrogen-bond donors (Lipinski definition) is 1. The van der Waals surface area contributed by atoms with Gasteiger partial charge in [0.2, 0.25) is 5.91 Å². The summed E-state index contributed by atoms with van der Waals surface area (Å²) in [5.41, 5.74) is 3.61. The molecule has 7 heteroatoms. The predicted octanol–water partition coefficient (Wildman–Crippen LogP) is 4.10. The van der Waals surface area contributed by atoms with E-state index in [1.807, 2.05) is 32.0 Å². The van der Waals surface area contributed by atoms with Gasteiger partial charge in [0.25, 0.3) is 5.91 Å². The predicted molar refractivity (Wildman–Crippen MR) is 118 cm³/mol. The number of aryl methyl sites for hydroxylation is 2. The number of carbonyl (C=O) groups is 2. The molecule has 0 radical (unpaired) electrons. The van der Waals surface area contributed by atoms with E-state index in [1.54, 1.807) is 29.2 Å². The Morgan fingerprint density at radius 3 is 2.43 bits per heavy atom. The topological polar surface area (TPSA) is 65.8 Å². The third kappa shape index (κ3) is 4.35. The highest BCUT2D eigenvalue weighted by Gasteiger charge is 2.25. The molecular formula is C23H24ClN3O3. The van der Waals surface area contributed by atoms with Gasteiger partial charge in [0, 0.05) is 42.3 Å². The van der Waals surface area contributed by atoms with E-state index in [9.17, 15) is 9.59 Å². The summed E-state index contributed by atoms with van der Waals surface area (Å²) in [6.45, 7) is 6.65. The van der Waals surface area contributed by atoms with Gasteiger partial charge in [-0.25, -0.2) is 0 Å². The molecule has 0 atom stereocenters. The van der Waals surface area contributed by atoms with Crippen LogP contribution < -0.4 is 5.32 Å². The molecule has 2 aromatic carbocycles. The van der Waals surface area contributed by atoms with Crippen molar-refractivity contribution in [3.8, 4) is 0 Å². The van der Waals surface area contributed by atoms with Gasteiger partial charge in [-0.3, -0.25) is 14.5 Å². The van der Waals surface area contributed by atoms with Crippen molar-refractivity contribution in [2.75, 3.05) is 38.0 Å². The first-order valence-electron chi connectivity index (χ1n) is 9.97. The molecule has 0 unspecified atom stereocenters. The van der Waals surface area contributed by atoms with Gasteiger partial charge in [0.05, 0.1) is 6.54 Å². The number of hydrogen-bond acceptors (Lipinski definition) is 4. The van der Waals surface area contributed by atoms with Crippen molar-refractivity contribution >= 4 is 40.1 Å². The highest BCUT2D eigenvalue weighted by Crippen LogP contribution is 2.24. The summed E-state index contributed by atoms with van der Waals surface area (Å²) < 4.78 is 5.69. The average molecular weight is 426 g/mol. The first kappa shape index (κ1) is 20.4. The zero-order valence-electron chi connectivity index (χ0n) is 17.1. The largest absolute Gasteiger partial charge is 0.451 e. The molecule has 2 amide bonds. The highest BCUT2D eigenvalue weighted by atomic mass is 35.5. The molecule has 30 heavy (non-hydrogen) atoms. The number of piperazine rings is 1. The van der Waals surface area contributed by atoms with Gasteiger partial charge in [0.15, 0.2) is 5.76 Å². The van der Waals surface area contributed by atoms with E-state index in [-0.39, 0.29) is 11.8 Å². The van der Waals surface area contributed by atoms with E-state index in [0.717, 1.165) is 22.2 Å². The van der Waals surface area contributed by atoms with Crippen molar-refractivity contribution < 1.29 is 14.0 Å². The van der Waals surface area contributed by atoms with Crippen molar-refractivity contribution in [1.29, 1.82) is 0 Å². The molecule has 156 valence electrons. The Bertz CT molecular complexity index is 1080. The van der Waals surface area contributed by atoms with Crippen molar-refractivity contribution in [2.45, 2.75) is 13.8 Å². The third-order valence-electron chi connectivity index (χ3n) is 5.46. The fourth-order valence-electron chi connectivity index (χ4n) is 3.78. The number of rotatable bonds is 4. The second-order valence-corrected chi connectivity index (χ2v) is 8.11. The van der Waals surface area contributed by atoms with Gasteiger partial charge in [-0.2, -0.15) is 0 Å². The summed E-state index contributed by atoms with van der Waals surface area (Å²) >= 11 is 6.01. The monoisotopic (exact) mass is 425 g/mol. The maximum absolute atomic E-state index is 12.8. The summed E-state index contributed by atoms with van der Waals surface area (Å²) in [5.74, 6) is 0.136. The number of nitrogens with one attached hydrogen (secondary N) is 1. The zero-order chi connectivity index (χ0) is 21.3. The number of benzene rings is 2. The molecule has 1 N–H and O–H groups in total. The van der Waals surface area contributed by atoms with E-state index in [1.165, 1.54) is 0 Å². The van der Waals surface area contributed by atoms with E-state index in [4.69, 9.17) is 16.0 Å². The number of anilines is 1. The van der Waals surface area contributed by atoms with Gasteiger partial charge in [-0.15, -0.1) is 0 Å². The van der Waals surface area contributed by atoms with Crippen LogP contribution in [0.1, 0.15) is 21.7 Å². The number of nitrogens with zero attached hydrogens (tertiary/aromatic N) is 2. The summed E-state index contributed by atoms with van der Waals surface area (Å²) in [4.78, 5) is 29.1. The summed E-state index contributed by atoms with van der Waals surface area (Å²) in [6.07, 6.45) is 0. The van der Waals surface area contributed by atoms with E-state index < -0.39 is 0 Å². The van der Waals surface area contributed by atoms with Crippen LogP contribution in [-0.2, 0) is 4.79 Å². The SMILES string of the molecule is Cc1cccc(C)c1NC(=O)CN1CCN(C(=O)c2cc3cc(Cl)ccc3o2)CC1. The molecule has 0 spiro atoms. The molecule has 1 fully saturated rings. The van der Waals surface area contributed by atoms with Crippen LogP contribution >= 0.6 is 11.6 Å². The molecule has 1 aliphatic rings. The Kier molecular flexibility index (Phi) is 5.79. The fraction of sp³-hybridized carbons (Fsp3) is 0.304. The van der Waals surface area contributed by atoms with Crippen LogP contribution in [0.15, 0.2) is 46.9 Å². The van der Waals surface area contributed by atoms with Crippen LogP contribution in [-0.4, -0.2) is 54.3 Å². The van der Waals surface area contributed by atoms with Crippen LogP contribution in [0, 0.1) is 13.8 Å². The Morgan fingerprint density at radius 2 is 1.73 bits per heavy atom. The molecule has 1 saturated heterocycles. The zero-order valence-corrected chi connectivity index (χ0v) is 17.8. The lowest BCUT2D eigenvalue weighted by Crippen LogP contribution is -2.50. The van der Waals surface area contributed by atoms with E-state index >= 15 is 0 Å². The minimum absolute atomic E-state index is 0.0404. The molecule has 4 rings (SSSR count). The molecule has 0 bridgehead atoms. The summed E-state index contributed by atoms with van der Waals surface area (Å²) in [6, 6.07) is 13.0. The van der Waals surface area contributed by atoms with Gasteiger partial charge >= 0.3 is 0 Å². The number of fused-ring (bicyclic) bond motifs is 1. The number of halogens is 1. The normalized spacial score (nSPS) is 14.8. The van der Waals surface area contributed by atoms with Gasteiger partial charge < -0.3 is 14.6 Å². The Labute approximate surface area is 180 Å². The molecule has 3 aromatic rings. The fourth-order valence-corrected chi connectivity index (χ4v) is 3.96. The quantitative estimate of drug-likeness (QED) is 0.683. The van der Waals surface area contributed by atoms with Crippen LogP contribution in [0.4, 0.5) is 5.69 Å². The number of carbonyl (C=O) groups excluding carboxylic acids is 2. The number of furan rings is 1. The van der Waals surface area contributed by atoms with Crippen molar-refractivity contribution in [3.05, 3.63) is 64.4 Å². The Hall–Kier alpha value is -2.83. The van der Waals surface area contributed by atoms with Crippen LogP contribution in [0.2, 0.25) is 5.02 Å². The Morgan fingerprint density at radius 1 is 1.03 bits per heavy atom. The highest BCUT2D eigenvalue weighted by molar-refractivity contribution is 6.31. The van der Waals surface area contributed by atoms with Crippen molar-refractivity contribution in [3.63, 3.8) is 0 Å². The lowest BCUT2D eigenvalue weighted by Gasteiger charge is -2.33. The molecule has 6 nitrogen and oxygen atoms in total. The summed E-state index contributed by atoms with van der Waals surface area (Å²) in [7, 11) is 0. The van der Waals surface area contributed by atoms with Gasteiger partial charge in [-0.05, 0) is 49.2 Å². The number of para-hydroxylation sites is 1. The average Bonchev–Trinajstić information content (AvgIpc) is 3.14. The van der Waals surface area contributed by atoms with Gasteiger partial charge in [-0.1, -0.05) is 29.8 Å². The smallest absolute Gasteiger partial charge is 0.289 e. The molecular weight excluding hydrogens is 402 g/mol. The van der Waals surface area contributed by atoms with Crippen LogP contribution in [0.5, 0.6) is 0 Å². The van der Waals surface area contributed by atoms with Crippen LogP contribution in [0.25, 0.3) is 11.0 Å². The molecule has 0 saturated carbocycles. The first-order valence-corrected chi connectivity index (χ1v) is 10.4. The maximum atomic E-state index is 12.8. The molecule has 0 aliphatic carbocycles. The molecule has 2 heterocycles. The minimum Gasteiger partial charge on any atom is -0.451 e. The maximum Gasteiger partial charge on any atom is 0.289 e. The third-order valence-corrected chi connectivity index (χ3v) is 5.70.